The van der Waals surface area contributed by atoms with Crippen molar-refractivity contribution in [1.29, 1.82) is 0 Å². The number of cyclic esters (lactones) is 1. The lowest BCUT2D eigenvalue weighted by Crippen LogP contribution is -2.37. The Kier molecular flexibility index (Phi) is 6.25. The second-order valence-electron chi connectivity index (χ2n) is 8.24. The smallest absolute Gasteiger partial charge is 0.415 e. The van der Waals surface area contributed by atoms with Crippen LogP contribution in [-0.2, 0) is 4.74 Å². The Balaban J connectivity index is 1.49. The number of benzene rings is 2. The second-order valence-corrected chi connectivity index (χ2v) is 8.24. The number of hydrogen-bond donors (Lipinski definition) is 1. The van der Waals surface area contributed by atoms with E-state index in [9.17, 15) is 4.79 Å². The topological polar surface area (TPSA) is 76.6 Å². The summed E-state index contributed by atoms with van der Waals surface area (Å²) in [6.45, 7) is 6.56. The Hall–Kier alpha value is -3.61. The lowest BCUT2D eigenvalue weighted by molar-refractivity contribution is 0.177. The van der Waals surface area contributed by atoms with E-state index in [0.29, 0.717) is 18.2 Å². The van der Waals surface area contributed by atoms with Crippen LogP contribution in [0.4, 0.5) is 16.4 Å². The van der Waals surface area contributed by atoms with Gasteiger partial charge in [-0.25, -0.2) is 9.78 Å². The molecular weight excluding hydrogens is 404 g/mol. The van der Waals surface area contributed by atoms with Crippen molar-refractivity contribution < 1.29 is 14.3 Å². The molecule has 32 heavy (non-hydrogen) atoms. The molecule has 7 heteroatoms. The highest BCUT2D eigenvalue weighted by Crippen LogP contribution is 2.28. The summed E-state index contributed by atoms with van der Waals surface area (Å²) >= 11 is 0. The van der Waals surface area contributed by atoms with Crippen molar-refractivity contribution in [1.82, 2.24) is 9.97 Å². The summed E-state index contributed by atoms with van der Waals surface area (Å²) in [5.41, 5.74) is 3.34. The van der Waals surface area contributed by atoms with Gasteiger partial charge in [0, 0.05) is 6.04 Å². The van der Waals surface area contributed by atoms with Crippen LogP contribution in [0.2, 0.25) is 0 Å². The third-order valence-electron chi connectivity index (χ3n) is 5.72. The first kappa shape index (κ1) is 21.6. The van der Waals surface area contributed by atoms with Crippen LogP contribution < -0.4 is 15.0 Å². The molecule has 2 aromatic carbocycles. The van der Waals surface area contributed by atoms with Crippen molar-refractivity contribution in [2.75, 3.05) is 23.9 Å². The number of carbonyl (C=O) groups excluding carboxylic acids is 1. The molecule has 7 nitrogen and oxygen atoms in total. The molecule has 1 N–H and O–H groups in total. The van der Waals surface area contributed by atoms with Crippen LogP contribution in [0.3, 0.4) is 0 Å². The minimum atomic E-state index is -0.378. The van der Waals surface area contributed by atoms with E-state index in [2.05, 4.69) is 66.4 Å². The molecule has 1 aromatic heterocycles. The van der Waals surface area contributed by atoms with E-state index in [-0.39, 0.29) is 24.1 Å². The van der Waals surface area contributed by atoms with E-state index in [1.807, 2.05) is 18.2 Å². The van der Waals surface area contributed by atoms with Crippen molar-refractivity contribution in [3.63, 3.8) is 0 Å². The Morgan fingerprint density at radius 3 is 2.59 bits per heavy atom. The van der Waals surface area contributed by atoms with E-state index in [1.165, 1.54) is 0 Å². The molecule has 0 radical (unpaired) electrons. The predicted octanol–water partition coefficient (Wildman–Crippen LogP) is 5.31. The molecule has 2 heterocycles. The zero-order chi connectivity index (χ0) is 22.7. The molecule has 1 aliphatic rings. The van der Waals surface area contributed by atoms with Gasteiger partial charge in [-0.3, -0.25) is 9.88 Å². The van der Waals surface area contributed by atoms with Crippen molar-refractivity contribution in [3.8, 4) is 16.9 Å². The van der Waals surface area contributed by atoms with E-state index in [0.717, 1.165) is 22.4 Å². The van der Waals surface area contributed by atoms with Crippen molar-refractivity contribution in [3.05, 3.63) is 66.5 Å². The second kappa shape index (κ2) is 9.26. The number of amides is 1. The van der Waals surface area contributed by atoms with Gasteiger partial charge in [-0.2, -0.15) is 0 Å². The van der Waals surface area contributed by atoms with Crippen LogP contribution in [0.5, 0.6) is 5.75 Å². The maximum Gasteiger partial charge on any atom is 0.415 e. The average molecular weight is 433 g/mol. The van der Waals surface area contributed by atoms with E-state index < -0.39 is 0 Å². The zero-order valence-electron chi connectivity index (χ0n) is 18.8. The number of ether oxygens (including phenoxy) is 2. The summed E-state index contributed by atoms with van der Waals surface area (Å²) in [6, 6.07) is 16.3. The van der Waals surface area contributed by atoms with Gasteiger partial charge < -0.3 is 14.8 Å². The highest BCUT2D eigenvalue weighted by Gasteiger charge is 2.37. The first-order valence-corrected chi connectivity index (χ1v) is 10.7. The average Bonchev–Trinajstić information content (AvgIpc) is 3.21. The van der Waals surface area contributed by atoms with Crippen LogP contribution in [0.15, 0.2) is 60.9 Å². The number of aromatic nitrogens is 2. The van der Waals surface area contributed by atoms with Gasteiger partial charge in [0.05, 0.1) is 25.5 Å². The number of carbonyl (C=O) groups is 1. The maximum absolute atomic E-state index is 12.2. The number of anilines is 2. The van der Waals surface area contributed by atoms with Crippen LogP contribution >= 0.6 is 0 Å². The first-order valence-electron chi connectivity index (χ1n) is 10.7. The largest absolute Gasteiger partial charge is 0.497 e. The fraction of sp³-hybridized carbons (Fsp3) is 0.320. The maximum atomic E-state index is 12.2. The normalized spacial score (nSPS) is 16.7. The Morgan fingerprint density at radius 1 is 1.09 bits per heavy atom. The van der Waals surface area contributed by atoms with Gasteiger partial charge in [-0.1, -0.05) is 50.2 Å². The highest BCUT2D eigenvalue weighted by molar-refractivity contribution is 5.89. The van der Waals surface area contributed by atoms with E-state index in [4.69, 9.17) is 9.47 Å². The number of nitrogens with zero attached hydrogens (tertiary/aromatic N) is 3. The van der Waals surface area contributed by atoms with Gasteiger partial charge in [0.25, 0.3) is 0 Å². The summed E-state index contributed by atoms with van der Waals surface area (Å²) in [5.74, 6) is 2.19. The molecule has 0 bridgehead atoms. The zero-order valence-corrected chi connectivity index (χ0v) is 18.8. The van der Waals surface area contributed by atoms with Gasteiger partial charge in [0.2, 0.25) is 0 Å². The van der Waals surface area contributed by atoms with Gasteiger partial charge in [-0.15, -0.1) is 0 Å². The third kappa shape index (κ3) is 4.51. The quantitative estimate of drug-likeness (QED) is 0.545. The number of hydrogen-bond acceptors (Lipinski definition) is 6. The van der Waals surface area contributed by atoms with Crippen LogP contribution in [0, 0.1) is 5.92 Å². The minimum Gasteiger partial charge on any atom is -0.497 e. The first-order chi connectivity index (χ1) is 15.5. The van der Waals surface area contributed by atoms with Crippen molar-refractivity contribution in [2.45, 2.75) is 32.9 Å². The molecule has 1 aliphatic heterocycles. The van der Waals surface area contributed by atoms with Gasteiger partial charge in [0.1, 0.15) is 18.2 Å². The minimum absolute atomic E-state index is 0.00494. The number of nitrogens with one attached hydrogen (secondary N) is 1. The third-order valence-corrected chi connectivity index (χ3v) is 5.72. The van der Waals surface area contributed by atoms with E-state index in [1.54, 1.807) is 24.4 Å². The molecular formula is C25H28N4O3. The van der Waals surface area contributed by atoms with Gasteiger partial charge in [-0.05, 0) is 41.7 Å². The molecule has 4 rings (SSSR count). The fourth-order valence-corrected chi connectivity index (χ4v) is 3.80. The molecule has 1 fully saturated rings. The molecule has 0 unspecified atom stereocenters. The molecule has 1 amide bonds. The lowest BCUT2D eigenvalue weighted by Gasteiger charge is -2.23. The predicted molar refractivity (Wildman–Crippen MR) is 125 cm³/mol. The Bertz CT molecular complexity index is 1080. The summed E-state index contributed by atoms with van der Waals surface area (Å²) in [6.07, 6.45) is 2.88. The number of rotatable bonds is 7. The molecule has 0 saturated carbocycles. The molecule has 2 atom stereocenters. The molecule has 166 valence electrons. The molecule has 3 aromatic rings. The van der Waals surface area contributed by atoms with Crippen LogP contribution in [0.1, 0.15) is 32.4 Å². The Morgan fingerprint density at radius 2 is 1.88 bits per heavy atom. The molecule has 0 spiro atoms. The van der Waals surface area contributed by atoms with Crippen LogP contribution in [-0.4, -0.2) is 35.8 Å². The SMILES string of the molecule is COc1cccc(-c2ccc([C@H](C)Nc3cncc(N4C(=O)OC[C@@H]4C(C)C)n3)cc2)c1. The van der Waals surface area contributed by atoms with E-state index >= 15 is 0 Å². The summed E-state index contributed by atoms with van der Waals surface area (Å²) in [5, 5.41) is 3.39. The van der Waals surface area contributed by atoms with Crippen molar-refractivity contribution in [2.24, 2.45) is 5.92 Å². The summed E-state index contributed by atoms with van der Waals surface area (Å²) in [4.78, 5) is 22.7. The monoisotopic (exact) mass is 432 g/mol. The highest BCUT2D eigenvalue weighted by atomic mass is 16.6. The van der Waals surface area contributed by atoms with Gasteiger partial charge >= 0.3 is 6.09 Å². The summed E-state index contributed by atoms with van der Waals surface area (Å²) < 4.78 is 10.6. The van der Waals surface area contributed by atoms with Crippen LogP contribution in [0.25, 0.3) is 11.1 Å². The van der Waals surface area contributed by atoms with Crippen molar-refractivity contribution >= 4 is 17.7 Å². The lowest BCUT2D eigenvalue weighted by atomic mass is 10.0. The Labute approximate surface area is 188 Å². The molecule has 0 aliphatic carbocycles. The van der Waals surface area contributed by atoms with Gasteiger partial charge in [0.15, 0.2) is 5.82 Å². The summed E-state index contributed by atoms with van der Waals surface area (Å²) in [7, 11) is 1.67. The fourth-order valence-electron chi connectivity index (χ4n) is 3.80. The molecule has 1 saturated heterocycles. The standard InChI is InChI=1S/C25H28N4O3/c1-16(2)22-15-32-25(30)29(22)24-14-26-13-23(28-24)27-17(3)18-8-10-19(11-9-18)20-6-5-7-21(12-20)31-4/h5-14,16-17,22H,15H2,1-4H3,(H,27,28)/t17-,22+/m0/s1. The number of methoxy groups -OCH3 is 1.